The molecule has 1 N–H and O–H groups in total. The second-order valence-electron chi connectivity index (χ2n) is 5.55. The van der Waals surface area contributed by atoms with Gasteiger partial charge in [0.25, 0.3) is 5.91 Å². The van der Waals surface area contributed by atoms with E-state index in [0.717, 1.165) is 18.5 Å². The largest absolute Gasteiger partial charge is 0.411 e. The first-order valence-electron chi connectivity index (χ1n) is 7.26. The topological polar surface area (TPSA) is 51.2 Å². The number of hydrogen-bond donors (Lipinski definition) is 1. The van der Waals surface area contributed by atoms with Gasteiger partial charge >= 0.3 is 6.18 Å². The van der Waals surface area contributed by atoms with E-state index in [1.165, 1.54) is 0 Å². The van der Waals surface area contributed by atoms with Crippen molar-refractivity contribution in [2.45, 2.75) is 50.9 Å². The predicted molar refractivity (Wildman–Crippen MR) is 74.5 cm³/mol. The average molecular weight is 316 g/mol. The fourth-order valence-corrected chi connectivity index (χ4v) is 2.57. The summed E-state index contributed by atoms with van der Waals surface area (Å²) in [5, 5.41) is 2.83. The third kappa shape index (κ3) is 5.29. The van der Waals surface area contributed by atoms with Gasteiger partial charge in [0.05, 0.1) is 6.10 Å². The van der Waals surface area contributed by atoms with Crippen LogP contribution in [0.15, 0.2) is 18.2 Å². The molecule has 0 radical (unpaired) electrons. The second kappa shape index (κ2) is 7.09. The molecule has 22 heavy (non-hydrogen) atoms. The quantitative estimate of drug-likeness (QED) is 0.929. The Bertz CT molecular complexity index is 520. The van der Waals surface area contributed by atoms with E-state index in [2.05, 4.69) is 10.3 Å². The van der Waals surface area contributed by atoms with E-state index in [9.17, 15) is 18.0 Å². The van der Waals surface area contributed by atoms with Crippen LogP contribution in [0.1, 0.15) is 41.9 Å². The van der Waals surface area contributed by atoms with Gasteiger partial charge in [-0.1, -0.05) is 6.07 Å². The summed E-state index contributed by atoms with van der Waals surface area (Å²) >= 11 is 0. The molecule has 1 aliphatic rings. The highest BCUT2D eigenvalue weighted by molar-refractivity contribution is 5.92. The number of hydrogen-bond acceptors (Lipinski definition) is 3. The van der Waals surface area contributed by atoms with Crippen LogP contribution >= 0.6 is 0 Å². The van der Waals surface area contributed by atoms with Crippen molar-refractivity contribution in [1.82, 2.24) is 10.3 Å². The zero-order valence-corrected chi connectivity index (χ0v) is 12.3. The van der Waals surface area contributed by atoms with Gasteiger partial charge in [0.1, 0.15) is 12.3 Å². The SMILES string of the molecule is Cc1cccc(C(=O)N[C@H]2CCC[C@H](OCC(F)(F)F)C2)n1. The van der Waals surface area contributed by atoms with Crippen molar-refractivity contribution in [3.05, 3.63) is 29.6 Å². The summed E-state index contributed by atoms with van der Waals surface area (Å²) in [6.45, 7) is 0.552. The van der Waals surface area contributed by atoms with Crippen LogP contribution in [0.4, 0.5) is 13.2 Å². The Kier molecular flexibility index (Phi) is 5.39. The lowest BCUT2D eigenvalue weighted by Crippen LogP contribution is -2.41. The van der Waals surface area contributed by atoms with Gasteiger partial charge in [0.15, 0.2) is 0 Å². The summed E-state index contributed by atoms with van der Waals surface area (Å²) in [4.78, 5) is 16.2. The van der Waals surface area contributed by atoms with Crippen molar-refractivity contribution in [2.75, 3.05) is 6.61 Å². The van der Waals surface area contributed by atoms with Crippen molar-refractivity contribution in [1.29, 1.82) is 0 Å². The molecule has 0 unspecified atom stereocenters. The molecule has 2 rings (SSSR count). The van der Waals surface area contributed by atoms with E-state index in [4.69, 9.17) is 4.74 Å². The van der Waals surface area contributed by atoms with Gasteiger partial charge in [-0.15, -0.1) is 0 Å². The molecule has 122 valence electrons. The van der Waals surface area contributed by atoms with Gasteiger partial charge in [0, 0.05) is 11.7 Å². The molecule has 1 fully saturated rings. The van der Waals surface area contributed by atoms with Crippen LogP contribution in [0.5, 0.6) is 0 Å². The van der Waals surface area contributed by atoms with Crippen molar-refractivity contribution in [2.24, 2.45) is 0 Å². The molecule has 0 saturated heterocycles. The lowest BCUT2D eigenvalue weighted by Gasteiger charge is -2.30. The molecule has 0 spiro atoms. The Labute approximate surface area is 127 Å². The van der Waals surface area contributed by atoms with E-state index in [-0.39, 0.29) is 11.9 Å². The fourth-order valence-electron chi connectivity index (χ4n) is 2.57. The number of alkyl halides is 3. The van der Waals surface area contributed by atoms with Crippen LogP contribution in [0.3, 0.4) is 0 Å². The molecule has 1 aliphatic carbocycles. The van der Waals surface area contributed by atoms with Gasteiger partial charge in [-0.05, 0) is 44.7 Å². The summed E-state index contributed by atoms with van der Waals surface area (Å²) < 4.78 is 41.4. The normalized spacial score (nSPS) is 22.4. The monoisotopic (exact) mass is 316 g/mol. The van der Waals surface area contributed by atoms with Gasteiger partial charge < -0.3 is 10.1 Å². The molecular weight excluding hydrogens is 297 g/mol. The Morgan fingerprint density at radius 1 is 1.41 bits per heavy atom. The van der Waals surface area contributed by atoms with Gasteiger partial charge in [0.2, 0.25) is 0 Å². The minimum atomic E-state index is -4.32. The van der Waals surface area contributed by atoms with Crippen molar-refractivity contribution in [3.63, 3.8) is 0 Å². The first-order chi connectivity index (χ1) is 10.3. The first-order valence-corrected chi connectivity index (χ1v) is 7.26. The first kappa shape index (κ1) is 16.7. The van der Waals surface area contributed by atoms with E-state index >= 15 is 0 Å². The third-order valence-electron chi connectivity index (χ3n) is 3.56. The summed E-state index contributed by atoms with van der Waals surface area (Å²) in [6.07, 6.45) is -2.33. The molecule has 7 heteroatoms. The van der Waals surface area contributed by atoms with Crippen molar-refractivity contribution in [3.8, 4) is 0 Å². The summed E-state index contributed by atoms with van der Waals surface area (Å²) in [6, 6.07) is 4.97. The van der Waals surface area contributed by atoms with Gasteiger partial charge in [-0.25, -0.2) is 4.98 Å². The second-order valence-corrected chi connectivity index (χ2v) is 5.55. The molecule has 2 atom stereocenters. The lowest BCUT2D eigenvalue weighted by molar-refractivity contribution is -0.188. The van der Waals surface area contributed by atoms with Crippen LogP contribution < -0.4 is 5.32 Å². The number of carbonyl (C=O) groups is 1. The zero-order chi connectivity index (χ0) is 16.2. The number of halogens is 3. The maximum Gasteiger partial charge on any atom is 0.411 e. The number of rotatable bonds is 4. The average Bonchev–Trinajstić information content (AvgIpc) is 2.45. The van der Waals surface area contributed by atoms with E-state index < -0.39 is 18.9 Å². The number of pyridine rings is 1. The number of amides is 1. The molecule has 1 aromatic heterocycles. The zero-order valence-electron chi connectivity index (χ0n) is 12.3. The maximum atomic E-state index is 12.2. The minimum absolute atomic E-state index is 0.179. The van der Waals surface area contributed by atoms with Crippen LogP contribution in [-0.2, 0) is 4.74 Å². The molecule has 1 aromatic rings. The van der Waals surface area contributed by atoms with E-state index in [0.29, 0.717) is 18.5 Å². The highest BCUT2D eigenvalue weighted by Gasteiger charge is 2.31. The molecule has 1 heterocycles. The minimum Gasteiger partial charge on any atom is -0.369 e. The molecule has 0 aliphatic heterocycles. The third-order valence-corrected chi connectivity index (χ3v) is 3.56. The molecule has 4 nitrogen and oxygen atoms in total. The molecular formula is C15H19F3N2O2. The van der Waals surface area contributed by atoms with E-state index in [1.54, 1.807) is 25.1 Å². The fraction of sp³-hybridized carbons (Fsp3) is 0.600. The van der Waals surface area contributed by atoms with Crippen molar-refractivity contribution >= 4 is 5.91 Å². The molecule has 0 aromatic carbocycles. The van der Waals surface area contributed by atoms with Gasteiger partial charge in [-0.3, -0.25) is 4.79 Å². The van der Waals surface area contributed by atoms with Crippen LogP contribution in [0.25, 0.3) is 0 Å². The number of nitrogens with one attached hydrogen (secondary N) is 1. The maximum absolute atomic E-state index is 12.2. The smallest absolute Gasteiger partial charge is 0.369 e. The van der Waals surface area contributed by atoms with E-state index in [1.807, 2.05) is 0 Å². The standard InChI is InChI=1S/C15H19F3N2O2/c1-10-4-2-7-13(19-10)14(21)20-11-5-3-6-12(8-11)22-9-15(16,17)18/h2,4,7,11-12H,3,5-6,8-9H2,1H3,(H,20,21)/t11-,12-/m0/s1. The molecule has 0 bridgehead atoms. The Balaban J connectivity index is 1.86. The Morgan fingerprint density at radius 2 is 2.18 bits per heavy atom. The lowest BCUT2D eigenvalue weighted by atomic mass is 9.92. The molecule has 1 amide bonds. The van der Waals surface area contributed by atoms with Crippen LogP contribution in [0.2, 0.25) is 0 Å². The highest BCUT2D eigenvalue weighted by Crippen LogP contribution is 2.24. The summed E-state index contributed by atoms with van der Waals surface area (Å²) in [7, 11) is 0. The number of aryl methyl sites for hydroxylation is 1. The van der Waals surface area contributed by atoms with Crippen molar-refractivity contribution < 1.29 is 22.7 Å². The number of ether oxygens (including phenoxy) is 1. The Hall–Kier alpha value is -1.63. The number of carbonyl (C=O) groups excluding carboxylic acids is 1. The summed E-state index contributed by atoms with van der Waals surface area (Å²) in [5.74, 6) is -0.301. The van der Waals surface area contributed by atoms with Gasteiger partial charge in [-0.2, -0.15) is 13.2 Å². The summed E-state index contributed by atoms with van der Waals surface area (Å²) in [5.41, 5.74) is 1.06. The Morgan fingerprint density at radius 3 is 2.86 bits per heavy atom. The predicted octanol–water partition coefficient (Wildman–Crippen LogP) is 3.01. The molecule has 1 saturated carbocycles. The number of aromatic nitrogens is 1. The van der Waals surface area contributed by atoms with Crippen LogP contribution in [-0.4, -0.2) is 35.8 Å². The van der Waals surface area contributed by atoms with Crippen LogP contribution in [0, 0.1) is 6.92 Å². The number of nitrogens with zero attached hydrogens (tertiary/aromatic N) is 1. The highest BCUT2D eigenvalue weighted by atomic mass is 19.4.